The molecule has 5 heteroatoms. The Labute approximate surface area is 199 Å². The molecule has 0 aliphatic carbocycles. The number of ether oxygens (including phenoxy) is 1. The fourth-order valence-electron chi connectivity index (χ4n) is 4.11. The van der Waals surface area contributed by atoms with Crippen molar-refractivity contribution in [1.82, 2.24) is 4.98 Å². The van der Waals surface area contributed by atoms with Crippen LogP contribution < -0.4 is 4.74 Å². The summed E-state index contributed by atoms with van der Waals surface area (Å²) in [6.07, 6.45) is 4.26. The number of aryl methyl sites for hydroxylation is 1. The maximum Gasteiger partial charge on any atom is 0.304 e. The van der Waals surface area contributed by atoms with Crippen molar-refractivity contribution in [3.63, 3.8) is 0 Å². The van der Waals surface area contributed by atoms with Crippen molar-refractivity contribution >= 4 is 29.9 Å². The molecule has 2 aromatic carbocycles. The minimum atomic E-state index is -0.774. The van der Waals surface area contributed by atoms with Gasteiger partial charge in [-0.25, -0.2) is 0 Å². The standard InChI is InChI=1S/C28H29NO3S/c1-18(2)27-19(3)8-11-22(29-27)12-9-20-10-13-25-24(16-20)28(33-15-14-26(30)31)23-7-5-4-6-21(23)17-32-25/h4-13,16,18,28H,14-15,17H2,1-3H3,(H,30,31)/b12-9+. The van der Waals surface area contributed by atoms with Gasteiger partial charge in [0.2, 0.25) is 0 Å². The zero-order valence-corrected chi connectivity index (χ0v) is 20.1. The van der Waals surface area contributed by atoms with Crippen LogP contribution >= 0.6 is 11.8 Å². The second kappa shape index (κ2) is 10.3. The average molecular weight is 460 g/mol. The molecule has 0 fully saturated rings. The summed E-state index contributed by atoms with van der Waals surface area (Å²) in [6.45, 7) is 6.94. The molecule has 0 saturated heterocycles. The van der Waals surface area contributed by atoms with E-state index in [0.29, 0.717) is 18.3 Å². The Morgan fingerprint density at radius 1 is 1.15 bits per heavy atom. The molecule has 4 rings (SSSR count). The molecule has 1 aliphatic rings. The van der Waals surface area contributed by atoms with Gasteiger partial charge >= 0.3 is 5.97 Å². The summed E-state index contributed by atoms with van der Waals surface area (Å²) in [4.78, 5) is 15.9. The molecule has 3 aromatic rings. The molecule has 1 unspecified atom stereocenters. The summed E-state index contributed by atoms with van der Waals surface area (Å²) in [5.41, 5.74) is 7.75. The summed E-state index contributed by atoms with van der Waals surface area (Å²) in [5, 5.41) is 9.15. The third kappa shape index (κ3) is 5.48. The maximum atomic E-state index is 11.1. The number of hydrogen-bond acceptors (Lipinski definition) is 4. The van der Waals surface area contributed by atoms with Crippen LogP contribution in [-0.2, 0) is 11.4 Å². The number of aromatic nitrogens is 1. The Hall–Kier alpha value is -3.05. The van der Waals surface area contributed by atoms with Crippen LogP contribution in [0.3, 0.4) is 0 Å². The van der Waals surface area contributed by atoms with Crippen LogP contribution in [-0.4, -0.2) is 21.8 Å². The SMILES string of the molecule is Cc1ccc(/C=C/c2ccc3c(c2)C(SCCC(=O)O)c2ccccc2CO3)nc1C(C)C. The first-order valence-electron chi connectivity index (χ1n) is 11.3. The minimum Gasteiger partial charge on any atom is -0.489 e. The first kappa shape index (κ1) is 23.1. The highest BCUT2D eigenvalue weighted by Gasteiger charge is 2.25. The predicted octanol–water partition coefficient (Wildman–Crippen LogP) is 6.87. The zero-order valence-electron chi connectivity index (χ0n) is 19.2. The van der Waals surface area contributed by atoms with Crippen molar-refractivity contribution in [2.24, 2.45) is 0 Å². The lowest BCUT2D eigenvalue weighted by molar-refractivity contribution is -0.136. The zero-order chi connectivity index (χ0) is 23.4. The van der Waals surface area contributed by atoms with Gasteiger partial charge in [0.05, 0.1) is 17.4 Å². The highest BCUT2D eigenvalue weighted by atomic mass is 32.2. The van der Waals surface area contributed by atoms with Gasteiger partial charge in [0.15, 0.2) is 0 Å². The lowest BCUT2D eigenvalue weighted by Crippen LogP contribution is -2.03. The molecule has 0 amide bonds. The molecule has 33 heavy (non-hydrogen) atoms. The van der Waals surface area contributed by atoms with Crippen molar-refractivity contribution in [3.05, 3.63) is 93.8 Å². The predicted molar refractivity (Wildman–Crippen MR) is 136 cm³/mol. The van der Waals surface area contributed by atoms with E-state index < -0.39 is 5.97 Å². The lowest BCUT2D eigenvalue weighted by atomic mass is 9.98. The normalized spacial score (nSPS) is 15.1. The summed E-state index contributed by atoms with van der Waals surface area (Å²) in [7, 11) is 0. The van der Waals surface area contributed by atoms with Crippen LogP contribution in [0.15, 0.2) is 54.6 Å². The van der Waals surface area contributed by atoms with Crippen molar-refractivity contribution in [1.29, 1.82) is 0 Å². The molecule has 0 spiro atoms. The smallest absolute Gasteiger partial charge is 0.304 e. The second-order valence-electron chi connectivity index (χ2n) is 8.61. The number of thioether (sulfide) groups is 1. The Balaban J connectivity index is 1.67. The molecule has 1 aliphatic heterocycles. The van der Waals surface area contributed by atoms with E-state index in [0.717, 1.165) is 33.8 Å². The highest BCUT2D eigenvalue weighted by molar-refractivity contribution is 7.99. The first-order chi connectivity index (χ1) is 15.9. The molecule has 170 valence electrons. The summed E-state index contributed by atoms with van der Waals surface area (Å²) in [6, 6.07) is 18.7. The van der Waals surface area contributed by atoms with E-state index in [1.165, 1.54) is 11.1 Å². The van der Waals surface area contributed by atoms with Crippen molar-refractivity contribution in [2.45, 2.75) is 45.0 Å². The van der Waals surface area contributed by atoms with Gasteiger partial charge in [0, 0.05) is 17.0 Å². The Bertz CT molecular complexity index is 1190. The van der Waals surface area contributed by atoms with Gasteiger partial charge in [-0.15, -0.1) is 11.8 Å². The number of nitrogens with zero attached hydrogens (tertiary/aromatic N) is 1. The summed E-state index contributed by atoms with van der Waals surface area (Å²) in [5.74, 6) is 1.00. The molecule has 1 aromatic heterocycles. The van der Waals surface area contributed by atoms with E-state index in [-0.39, 0.29) is 11.7 Å². The molecular formula is C28H29NO3S. The number of carboxylic acid groups (broad SMARTS) is 1. The van der Waals surface area contributed by atoms with E-state index in [2.05, 4.69) is 57.2 Å². The van der Waals surface area contributed by atoms with Gasteiger partial charge < -0.3 is 9.84 Å². The molecule has 1 atom stereocenters. The van der Waals surface area contributed by atoms with Crippen LogP contribution in [0.2, 0.25) is 0 Å². The van der Waals surface area contributed by atoms with Gasteiger partial charge in [-0.2, -0.15) is 0 Å². The number of benzene rings is 2. The van der Waals surface area contributed by atoms with Crippen molar-refractivity contribution in [2.75, 3.05) is 5.75 Å². The Morgan fingerprint density at radius 3 is 2.76 bits per heavy atom. The monoisotopic (exact) mass is 459 g/mol. The summed E-state index contributed by atoms with van der Waals surface area (Å²) < 4.78 is 6.14. The number of carbonyl (C=O) groups is 1. The van der Waals surface area contributed by atoms with E-state index in [1.807, 2.05) is 30.3 Å². The van der Waals surface area contributed by atoms with Gasteiger partial charge in [-0.1, -0.05) is 56.3 Å². The van der Waals surface area contributed by atoms with E-state index >= 15 is 0 Å². The van der Waals surface area contributed by atoms with Crippen LogP contribution in [0.25, 0.3) is 12.2 Å². The van der Waals surface area contributed by atoms with E-state index in [9.17, 15) is 4.79 Å². The topological polar surface area (TPSA) is 59.4 Å². The lowest BCUT2D eigenvalue weighted by Gasteiger charge is -2.19. The van der Waals surface area contributed by atoms with Crippen LogP contribution in [0, 0.1) is 6.92 Å². The van der Waals surface area contributed by atoms with Crippen molar-refractivity contribution in [3.8, 4) is 5.75 Å². The van der Waals surface area contributed by atoms with E-state index in [4.69, 9.17) is 14.8 Å². The fourth-order valence-corrected chi connectivity index (χ4v) is 5.42. The molecule has 2 heterocycles. The van der Waals surface area contributed by atoms with Crippen molar-refractivity contribution < 1.29 is 14.6 Å². The van der Waals surface area contributed by atoms with Gasteiger partial charge in [0.1, 0.15) is 12.4 Å². The van der Waals surface area contributed by atoms with Gasteiger partial charge in [0.25, 0.3) is 0 Å². The third-order valence-electron chi connectivity index (χ3n) is 5.79. The van der Waals surface area contributed by atoms with E-state index in [1.54, 1.807) is 11.8 Å². The van der Waals surface area contributed by atoms with Gasteiger partial charge in [-0.05, 0) is 59.4 Å². The fraction of sp³-hybridized carbons (Fsp3) is 0.286. The molecule has 1 N–H and O–H groups in total. The number of fused-ring (bicyclic) bond motifs is 2. The second-order valence-corrected chi connectivity index (χ2v) is 9.82. The number of aliphatic carboxylic acids is 1. The number of hydrogen-bond donors (Lipinski definition) is 1. The number of pyridine rings is 1. The molecule has 0 saturated carbocycles. The summed E-state index contributed by atoms with van der Waals surface area (Å²) >= 11 is 1.66. The molecule has 4 nitrogen and oxygen atoms in total. The molecular weight excluding hydrogens is 430 g/mol. The third-order valence-corrected chi connectivity index (χ3v) is 7.07. The number of rotatable bonds is 7. The van der Waals surface area contributed by atoms with Crippen LogP contribution in [0.4, 0.5) is 0 Å². The molecule has 0 bridgehead atoms. The molecule has 0 radical (unpaired) electrons. The first-order valence-corrected chi connectivity index (χ1v) is 12.3. The average Bonchev–Trinajstić information content (AvgIpc) is 2.95. The van der Waals surface area contributed by atoms with Crippen LogP contribution in [0.5, 0.6) is 5.75 Å². The Kier molecular flexibility index (Phi) is 7.19. The maximum absolute atomic E-state index is 11.1. The van der Waals surface area contributed by atoms with Gasteiger partial charge in [-0.3, -0.25) is 9.78 Å². The quantitative estimate of drug-likeness (QED) is 0.418. The van der Waals surface area contributed by atoms with Crippen LogP contribution in [0.1, 0.15) is 70.6 Å². The minimum absolute atomic E-state index is 0.0245. The highest BCUT2D eigenvalue weighted by Crippen LogP contribution is 2.44. The number of carboxylic acids is 1. The largest absolute Gasteiger partial charge is 0.489 e. The Morgan fingerprint density at radius 2 is 1.97 bits per heavy atom.